The molecular formula is C17H26ClN7O2S. The van der Waals surface area contributed by atoms with Crippen LogP contribution >= 0.6 is 11.6 Å². The normalized spacial score (nSPS) is 12.2. The van der Waals surface area contributed by atoms with Crippen LogP contribution in [0.5, 0.6) is 0 Å². The van der Waals surface area contributed by atoms with Gasteiger partial charge in [-0.3, -0.25) is 4.99 Å². The molecule has 0 spiro atoms. The van der Waals surface area contributed by atoms with Crippen LogP contribution in [0, 0.1) is 0 Å². The molecule has 0 amide bonds. The number of hydrogen-bond acceptors (Lipinski definition) is 5. The topological polar surface area (TPSA) is 113 Å². The summed E-state index contributed by atoms with van der Waals surface area (Å²) in [5, 5.41) is 14.7. The molecule has 0 saturated heterocycles. The molecule has 0 aliphatic carbocycles. The molecule has 0 bridgehead atoms. The summed E-state index contributed by atoms with van der Waals surface area (Å²) in [4.78, 5) is 4.52. The second-order valence-corrected chi connectivity index (χ2v) is 8.04. The van der Waals surface area contributed by atoms with Crippen LogP contribution in [0.15, 0.2) is 40.5 Å². The second-order valence-electron chi connectivity index (χ2n) is 5.84. The third-order valence-electron chi connectivity index (χ3n) is 3.78. The number of aliphatic imine (C=N–C) groups is 1. The summed E-state index contributed by atoms with van der Waals surface area (Å²) in [5.41, 5.74) is 0. The maximum atomic E-state index is 12.3. The van der Waals surface area contributed by atoms with E-state index in [-0.39, 0.29) is 11.4 Å². The fraction of sp³-hybridized carbons (Fsp3) is 0.471. The van der Waals surface area contributed by atoms with Crippen LogP contribution in [0.3, 0.4) is 0 Å². The van der Waals surface area contributed by atoms with E-state index in [1.165, 1.54) is 12.1 Å². The minimum Gasteiger partial charge on any atom is -0.357 e. The summed E-state index contributed by atoms with van der Waals surface area (Å²) >= 11 is 5.85. The summed E-state index contributed by atoms with van der Waals surface area (Å²) in [6.07, 6.45) is 2.52. The molecular weight excluding hydrogens is 402 g/mol. The van der Waals surface area contributed by atoms with E-state index in [0.717, 1.165) is 12.2 Å². The number of hydrogen-bond donors (Lipinski definition) is 3. The number of sulfonamides is 1. The van der Waals surface area contributed by atoms with Crippen LogP contribution in [0.25, 0.3) is 0 Å². The lowest BCUT2D eigenvalue weighted by molar-refractivity contribution is 0.582. The highest BCUT2D eigenvalue weighted by Crippen LogP contribution is 2.14. The van der Waals surface area contributed by atoms with E-state index in [1.807, 2.05) is 18.4 Å². The third kappa shape index (κ3) is 6.77. The van der Waals surface area contributed by atoms with Gasteiger partial charge >= 0.3 is 0 Å². The van der Waals surface area contributed by atoms with Crippen molar-refractivity contribution >= 4 is 27.6 Å². The molecule has 0 unspecified atom stereocenters. The fourth-order valence-electron chi connectivity index (χ4n) is 2.44. The quantitative estimate of drug-likeness (QED) is 0.296. The molecule has 9 nitrogen and oxygen atoms in total. The molecule has 1 heterocycles. The number of nitrogens with one attached hydrogen (secondary N) is 3. The van der Waals surface area contributed by atoms with Gasteiger partial charge in [0.25, 0.3) is 0 Å². The molecule has 0 fully saturated rings. The van der Waals surface area contributed by atoms with Crippen molar-refractivity contribution in [2.45, 2.75) is 31.7 Å². The molecule has 1 aromatic heterocycles. The number of aromatic nitrogens is 3. The molecule has 3 N–H and O–H groups in total. The number of aryl methyl sites for hydroxylation is 1. The molecule has 0 atom stereocenters. The van der Waals surface area contributed by atoms with Gasteiger partial charge in [-0.2, -0.15) is 0 Å². The molecule has 2 rings (SSSR count). The van der Waals surface area contributed by atoms with Gasteiger partial charge in [0, 0.05) is 37.6 Å². The molecule has 154 valence electrons. The van der Waals surface area contributed by atoms with Gasteiger partial charge in [0.15, 0.2) is 5.96 Å². The van der Waals surface area contributed by atoms with Gasteiger partial charge < -0.3 is 15.2 Å². The van der Waals surface area contributed by atoms with Gasteiger partial charge in [-0.1, -0.05) is 24.6 Å². The predicted octanol–water partition coefficient (Wildman–Crippen LogP) is 1.03. The average molecular weight is 428 g/mol. The van der Waals surface area contributed by atoms with Crippen LogP contribution < -0.4 is 15.4 Å². The molecule has 0 radical (unpaired) electrons. The van der Waals surface area contributed by atoms with Crippen molar-refractivity contribution in [3.8, 4) is 0 Å². The van der Waals surface area contributed by atoms with Crippen molar-refractivity contribution in [3.63, 3.8) is 0 Å². The van der Waals surface area contributed by atoms with E-state index in [0.29, 0.717) is 37.2 Å². The van der Waals surface area contributed by atoms with Gasteiger partial charge in [-0.15, -0.1) is 10.2 Å². The minimum atomic E-state index is -3.61. The minimum absolute atomic E-state index is 0.134. The SMILES string of the molecule is CCNC(=NCCNS(=O)(=O)c1cccc(Cl)c1)NCCn1cnnc1CC. The third-order valence-corrected chi connectivity index (χ3v) is 5.48. The van der Waals surface area contributed by atoms with E-state index >= 15 is 0 Å². The molecule has 1 aromatic carbocycles. The van der Waals surface area contributed by atoms with Crippen molar-refractivity contribution in [1.29, 1.82) is 0 Å². The Balaban J connectivity index is 1.83. The Hall–Kier alpha value is -2.17. The Bertz CT molecular complexity index is 883. The lowest BCUT2D eigenvalue weighted by atomic mass is 10.4. The van der Waals surface area contributed by atoms with Crippen LogP contribution in [0.4, 0.5) is 0 Å². The Morgan fingerprint density at radius 2 is 2.07 bits per heavy atom. The second kappa shape index (κ2) is 11.0. The highest BCUT2D eigenvalue weighted by atomic mass is 35.5. The van der Waals surface area contributed by atoms with E-state index in [2.05, 4.69) is 30.5 Å². The molecule has 11 heteroatoms. The Morgan fingerprint density at radius 1 is 1.25 bits per heavy atom. The van der Waals surface area contributed by atoms with Crippen molar-refractivity contribution < 1.29 is 8.42 Å². The lowest BCUT2D eigenvalue weighted by Gasteiger charge is -2.12. The monoisotopic (exact) mass is 427 g/mol. The van der Waals surface area contributed by atoms with Crippen molar-refractivity contribution in [2.75, 3.05) is 26.2 Å². The van der Waals surface area contributed by atoms with Gasteiger partial charge in [-0.25, -0.2) is 13.1 Å². The zero-order valence-electron chi connectivity index (χ0n) is 16.0. The Labute approximate surface area is 170 Å². The van der Waals surface area contributed by atoms with Crippen molar-refractivity contribution in [2.24, 2.45) is 4.99 Å². The van der Waals surface area contributed by atoms with E-state index < -0.39 is 10.0 Å². The maximum absolute atomic E-state index is 12.3. The summed E-state index contributed by atoms with van der Waals surface area (Å²) in [5.74, 6) is 1.55. The summed E-state index contributed by atoms with van der Waals surface area (Å²) in [6, 6.07) is 6.14. The first-order valence-corrected chi connectivity index (χ1v) is 11.0. The number of benzene rings is 1. The summed E-state index contributed by atoms with van der Waals surface area (Å²) in [6.45, 7) is 6.52. The number of guanidine groups is 1. The zero-order valence-corrected chi connectivity index (χ0v) is 17.6. The molecule has 28 heavy (non-hydrogen) atoms. The van der Waals surface area contributed by atoms with Crippen molar-refractivity contribution in [1.82, 2.24) is 30.1 Å². The standard InChI is InChI=1S/C17H26ClN7O2S/c1-3-16-24-22-13-25(16)11-10-21-17(19-4-2)20-8-9-23-28(26,27)15-7-5-6-14(18)12-15/h5-7,12-13,23H,3-4,8-11H2,1-2H3,(H2,19,20,21). The van der Waals surface area contributed by atoms with Gasteiger partial charge in [0.05, 0.1) is 11.4 Å². The van der Waals surface area contributed by atoms with Gasteiger partial charge in [-0.05, 0) is 25.1 Å². The first-order valence-electron chi connectivity index (χ1n) is 9.10. The Kier molecular flexibility index (Phi) is 8.68. The van der Waals surface area contributed by atoms with E-state index in [1.54, 1.807) is 18.5 Å². The fourth-order valence-corrected chi connectivity index (χ4v) is 3.76. The maximum Gasteiger partial charge on any atom is 0.240 e. The molecule has 0 aliphatic rings. The van der Waals surface area contributed by atoms with Crippen molar-refractivity contribution in [3.05, 3.63) is 41.4 Å². The Morgan fingerprint density at radius 3 is 2.79 bits per heavy atom. The molecule has 0 saturated carbocycles. The highest BCUT2D eigenvalue weighted by Gasteiger charge is 2.13. The smallest absolute Gasteiger partial charge is 0.240 e. The van der Waals surface area contributed by atoms with E-state index in [4.69, 9.17) is 11.6 Å². The average Bonchev–Trinajstić information content (AvgIpc) is 3.12. The van der Waals surface area contributed by atoms with Gasteiger partial charge in [0.1, 0.15) is 12.2 Å². The number of nitrogens with zero attached hydrogens (tertiary/aromatic N) is 4. The number of halogens is 1. The summed E-state index contributed by atoms with van der Waals surface area (Å²) in [7, 11) is -3.61. The van der Waals surface area contributed by atoms with Crippen LogP contribution in [0.1, 0.15) is 19.7 Å². The molecule has 0 aliphatic heterocycles. The van der Waals surface area contributed by atoms with Gasteiger partial charge in [0.2, 0.25) is 10.0 Å². The van der Waals surface area contributed by atoms with Crippen LogP contribution in [-0.4, -0.2) is 55.3 Å². The zero-order chi connectivity index (χ0) is 20.4. The highest BCUT2D eigenvalue weighted by molar-refractivity contribution is 7.89. The first-order chi connectivity index (χ1) is 13.5. The lowest BCUT2D eigenvalue weighted by Crippen LogP contribution is -2.39. The summed E-state index contributed by atoms with van der Waals surface area (Å²) < 4.78 is 29.0. The molecule has 2 aromatic rings. The van der Waals surface area contributed by atoms with E-state index in [9.17, 15) is 8.42 Å². The number of rotatable bonds is 10. The largest absolute Gasteiger partial charge is 0.357 e. The van der Waals surface area contributed by atoms with Crippen LogP contribution in [0.2, 0.25) is 5.02 Å². The predicted molar refractivity (Wildman–Crippen MR) is 110 cm³/mol. The van der Waals surface area contributed by atoms with Crippen LogP contribution in [-0.2, 0) is 23.0 Å². The first kappa shape index (κ1) is 22.1.